The van der Waals surface area contributed by atoms with Crippen LogP contribution >= 0.6 is 0 Å². The average molecular weight is 633 g/mol. The fraction of sp³-hybridized carbons (Fsp3) is 0.200. The zero-order valence-corrected chi connectivity index (χ0v) is 28.8. The largest absolute Gasteiger partial charge is 0.378 e. The van der Waals surface area contributed by atoms with Gasteiger partial charge in [0.25, 0.3) is 0 Å². The van der Waals surface area contributed by atoms with Crippen molar-refractivity contribution in [3.05, 3.63) is 130 Å². The van der Waals surface area contributed by atoms with E-state index in [1.807, 2.05) is 197 Å². The van der Waals surface area contributed by atoms with E-state index in [-0.39, 0.29) is 11.1 Å². The molecule has 0 fully saturated rings. The highest BCUT2D eigenvalue weighted by Crippen LogP contribution is 2.31. The minimum atomic E-state index is 0.116. The first-order chi connectivity index (χ1) is 22.9. The molecule has 0 amide bonds. The van der Waals surface area contributed by atoms with Gasteiger partial charge in [-0.3, -0.25) is 0 Å². The summed E-state index contributed by atoms with van der Waals surface area (Å²) in [7, 11) is 15.8. The molecule has 4 aromatic carbocycles. The average Bonchev–Trinajstić information content (AvgIpc) is 3.10. The quantitative estimate of drug-likeness (QED) is 0.186. The highest BCUT2D eigenvalue weighted by atomic mass is 15.1. The van der Waals surface area contributed by atoms with Gasteiger partial charge in [-0.1, -0.05) is 48.5 Å². The molecule has 0 heterocycles. The highest BCUT2D eigenvalue weighted by molar-refractivity contribution is 5.88. The molecule has 8 nitrogen and oxygen atoms in total. The summed E-state index contributed by atoms with van der Waals surface area (Å²) >= 11 is 0. The van der Waals surface area contributed by atoms with Gasteiger partial charge in [0.15, 0.2) is 0 Å². The van der Waals surface area contributed by atoms with E-state index in [0.717, 1.165) is 45.0 Å². The summed E-state index contributed by atoms with van der Waals surface area (Å²) in [6.45, 7) is 0. The number of benzene rings is 4. The van der Waals surface area contributed by atoms with Crippen LogP contribution in [0.4, 0.5) is 22.7 Å². The molecule has 0 spiro atoms. The van der Waals surface area contributed by atoms with Crippen LogP contribution in [-0.4, -0.2) is 56.4 Å². The maximum absolute atomic E-state index is 9.36. The van der Waals surface area contributed by atoms with Gasteiger partial charge < -0.3 is 19.6 Å². The lowest BCUT2D eigenvalue weighted by molar-refractivity contribution is 1.13. The van der Waals surface area contributed by atoms with Crippen molar-refractivity contribution in [2.45, 2.75) is 0 Å². The summed E-state index contributed by atoms with van der Waals surface area (Å²) in [5, 5.41) is 37.4. The summed E-state index contributed by atoms with van der Waals surface area (Å²) < 4.78 is 0. The minimum absolute atomic E-state index is 0.116. The molecule has 0 aliphatic heterocycles. The lowest BCUT2D eigenvalue weighted by atomic mass is 9.93. The van der Waals surface area contributed by atoms with Crippen LogP contribution in [-0.2, 0) is 0 Å². The van der Waals surface area contributed by atoms with Crippen molar-refractivity contribution in [1.29, 1.82) is 21.0 Å². The first-order valence-corrected chi connectivity index (χ1v) is 15.2. The van der Waals surface area contributed by atoms with Crippen molar-refractivity contribution >= 4 is 33.9 Å². The molecular formula is C40H40N8. The van der Waals surface area contributed by atoms with Crippen molar-refractivity contribution in [2.24, 2.45) is 0 Å². The second kappa shape index (κ2) is 16.7. The van der Waals surface area contributed by atoms with Crippen LogP contribution in [0.15, 0.2) is 108 Å². The van der Waals surface area contributed by atoms with Crippen molar-refractivity contribution < 1.29 is 0 Å². The third-order valence-electron chi connectivity index (χ3n) is 7.64. The molecule has 0 aliphatic carbocycles. The lowest BCUT2D eigenvalue weighted by Crippen LogP contribution is -2.08. The highest BCUT2D eigenvalue weighted by Gasteiger charge is 2.14. The Morgan fingerprint density at radius 1 is 0.333 bits per heavy atom. The number of anilines is 4. The molecule has 4 aromatic rings. The van der Waals surface area contributed by atoms with Crippen LogP contribution in [0.5, 0.6) is 0 Å². The minimum Gasteiger partial charge on any atom is -0.378 e. The Labute approximate surface area is 285 Å². The van der Waals surface area contributed by atoms with Gasteiger partial charge in [-0.15, -0.1) is 0 Å². The molecule has 8 heteroatoms. The molecule has 0 radical (unpaired) electrons. The molecule has 0 bridgehead atoms. The Morgan fingerprint density at radius 2 is 0.500 bits per heavy atom. The van der Waals surface area contributed by atoms with E-state index in [1.54, 1.807) is 0 Å². The van der Waals surface area contributed by atoms with E-state index in [0.29, 0.717) is 11.1 Å². The molecule has 0 aliphatic rings. The maximum Gasteiger partial charge on any atom is 0.138 e. The first kappa shape index (κ1) is 36.0. The summed E-state index contributed by atoms with van der Waals surface area (Å²) in [4.78, 5) is 8.03. The zero-order chi connectivity index (χ0) is 35.4. The monoisotopic (exact) mass is 632 g/mol. The van der Waals surface area contributed by atoms with Gasteiger partial charge in [0.05, 0.1) is 0 Å². The Bertz CT molecular complexity index is 1630. The number of nitriles is 4. The first-order valence-electron chi connectivity index (χ1n) is 15.2. The Hall–Kier alpha value is -6.48. The molecule has 0 unspecified atom stereocenters. The predicted octanol–water partition coefficient (Wildman–Crippen LogP) is 7.34. The van der Waals surface area contributed by atoms with Crippen molar-refractivity contribution in [3.8, 4) is 24.3 Å². The van der Waals surface area contributed by atoms with Crippen molar-refractivity contribution in [3.63, 3.8) is 0 Å². The van der Waals surface area contributed by atoms with E-state index in [4.69, 9.17) is 0 Å². The Balaban J connectivity index is 0.000000260. The standard InChI is InChI=1S/2C20H20N4/c2*1-23(2)18-9-5-15(6-10-18)20(17(13-21)14-22)16-7-11-19(12-8-16)24(3)4/h2*5-12H,1-4H3. The van der Waals surface area contributed by atoms with Crippen LogP contribution in [0.1, 0.15) is 22.3 Å². The number of hydrogen-bond donors (Lipinski definition) is 0. The molecule has 0 aromatic heterocycles. The van der Waals surface area contributed by atoms with Gasteiger partial charge in [-0.05, 0) is 70.8 Å². The van der Waals surface area contributed by atoms with Gasteiger partial charge in [0.1, 0.15) is 35.4 Å². The normalized spacial score (nSPS) is 9.58. The second-order valence-electron chi connectivity index (χ2n) is 11.7. The summed E-state index contributed by atoms with van der Waals surface area (Å²) in [5.74, 6) is 0. The molecule has 48 heavy (non-hydrogen) atoms. The summed E-state index contributed by atoms with van der Waals surface area (Å²) in [5.41, 5.74) is 9.25. The smallest absolute Gasteiger partial charge is 0.138 e. The number of hydrogen-bond acceptors (Lipinski definition) is 8. The maximum atomic E-state index is 9.36. The third-order valence-corrected chi connectivity index (χ3v) is 7.64. The van der Waals surface area contributed by atoms with E-state index >= 15 is 0 Å². The van der Waals surface area contributed by atoms with Crippen LogP contribution in [0.25, 0.3) is 11.1 Å². The van der Waals surface area contributed by atoms with Gasteiger partial charge in [0.2, 0.25) is 0 Å². The lowest BCUT2D eigenvalue weighted by Gasteiger charge is -2.16. The SMILES string of the molecule is CN(C)c1ccc(C(=C(C#N)C#N)c2ccc(N(C)C)cc2)cc1.CN(C)c1ccc(C(=C(C#N)C#N)c2ccc(N(C)C)cc2)cc1. The van der Waals surface area contributed by atoms with E-state index in [2.05, 4.69) is 0 Å². The summed E-state index contributed by atoms with van der Waals surface area (Å²) in [6, 6.07) is 39.5. The number of nitrogens with zero attached hydrogens (tertiary/aromatic N) is 8. The number of allylic oxidation sites excluding steroid dienone is 2. The molecule has 0 saturated carbocycles. The predicted molar refractivity (Wildman–Crippen MR) is 198 cm³/mol. The van der Waals surface area contributed by atoms with Crippen LogP contribution in [0.3, 0.4) is 0 Å². The van der Waals surface area contributed by atoms with Gasteiger partial charge in [-0.25, -0.2) is 0 Å². The fourth-order valence-corrected chi connectivity index (χ4v) is 4.89. The molecule has 4 rings (SSSR count). The molecular weight excluding hydrogens is 592 g/mol. The van der Waals surface area contributed by atoms with Crippen LogP contribution < -0.4 is 19.6 Å². The van der Waals surface area contributed by atoms with Crippen LogP contribution in [0.2, 0.25) is 0 Å². The molecule has 0 atom stereocenters. The van der Waals surface area contributed by atoms with Gasteiger partial charge in [0, 0.05) is 90.3 Å². The topological polar surface area (TPSA) is 108 Å². The van der Waals surface area contributed by atoms with Gasteiger partial charge in [-0.2, -0.15) is 21.0 Å². The molecule has 0 saturated heterocycles. The molecule has 0 N–H and O–H groups in total. The van der Waals surface area contributed by atoms with E-state index in [9.17, 15) is 21.0 Å². The summed E-state index contributed by atoms with van der Waals surface area (Å²) in [6.07, 6.45) is 0. The van der Waals surface area contributed by atoms with E-state index in [1.165, 1.54) is 0 Å². The van der Waals surface area contributed by atoms with Crippen molar-refractivity contribution in [1.82, 2.24) is 0 Å². The van der Waals surface area contributed by atoms with E-state index < -0.39 is 0 Å². The molecule has 240 valence electrons. The van der Waals surface area contributed by atoms with Gasteiger partial charge >= 0.3 is 0 Å². The number of rotatable bonds is 8. The third kappa shape index (κ3) is 8.82. The zero-order valence-electron chi connectivity index (χ0n) is 28.8. The Kier molecular flexibility index (Phi) is 12.5. The van der Waals surface area contributed by atoms with Crippen molar-refractivity contribution in [2.75, 3.05) is 76.0 Å². The fourth-order valence-electron chi connectivity index (χ4n) is 4.89. The van der Waals surface area contributed by atoms with Crippen LogP contribution in [0, 0.1) is 45.3 Å². The Morgan fingerprint density at radius 3 is 0.625 bits per heavy atom. The second-order valence-corrected chi connectivity index (χ2v) is 11.7.